The number of rotatable bonds is 7. The standard InChI is InChI=1S/C23H23BrN2O6/c1-29-10-9-26-17(22(27)25-12-14-5-3-4-6-18(14)30-2)13-31-20-16-8-7-15(24)11-19(16)32-21(20)23(26)28/h3-8,11,17H,9-10,12-13H2,1-2H3,(H,25,27)/t17-/m0/s1. The topological polar surface area (TPSA) is 90.2 Å². The highest BCUT2D eigenvalue weighted by Crippen LogP contribution is 2.37. The zero-order valence-electron chi connectivity index (χ0n) is 17.7. The van der Waals surface area contributed by atoms with Crippen LogP contribution in [-0.2, 0) is 16.1 Å². The van der Waals surface area contributed by atoms with Gasteiger partial charge < -0.3 is 28.8 Å². The van der Waals surface area contributed by atoms with Gasteiger partial charge in [-0.1, -0.05) is 34.1 Å². The maximum absolute atomic E-state index is 13.4. The van der Waals surface area contributed by atoms with Crippen LogP contribution >= 0.6 is 15.9 Å². The van der Waals surface area contributed by atoms with Gasteiger partial charge in [0, 0.05) is 30.2 Å². The number of ether oxygens (including phenoxy) is 3. The van der Waals surface area contributed by atoms with Gasteiger partial charge in [0.25, 0.3) is 5.91 Å². The van der Waals surface area contributed by atoms with E-state index in [0.29, 0.717) is 22.5 Å². The minimum absolute atomic E-state index is 0.00902. The molecule has 2 amide bonds. The van der Waals surface area contributed by atoms with E-state index in [0.717, 1.165) is 10.0 Å². The molecule has 0 saturated carbocycles. The summed E-state index contributed by atoms with van der Waals surface area (Å²) in [7, 11) is 3.12. The first-order valence-electron chi connectivity index (χ1n) is 10.1. The van der Waals surface area contributed by atoms with E-state index in [9.17, 15) is 9.59 Å². The van der Waals surface area contributed by atoms with Gasteiger partial charge in [-0.15, -0.1) is 0 Å². The van der Waals surface area contributed by atoms with Gasteiger partial charge in [0.15, 0.2) is 5.75 Å². The average Bonchev–Trinajstić information content (AvgIpc) is 3.10. The molecule has 2 heterocycles. The third kappa shape index (κ3) is 4.31. The van der Waals surface area contributed by atoms with Crippen molar-refractivity contribution in [2.24, 2.45) is 0 Å². The lowest BCUT2D eigenvalue weighted by molar-refractivity contribution is -0.126. The van der Waals surface area contributed by atoms with Gasteiger partial charge in [0.1, 0.15) is 24.0 Å². The molecular weight excluding hydrogens is 480 g/mol. The molecule has 0 fully saturated rings. The van der Waals surface area contributed by atoms with Crippen molar-refractivity contribution >= 4 is 38.7 Å². The minimum Gasteiger partial charge on any atom is -0.496 e. The molecule has 1 aromatic heterocycles. The highest BCUT2D eigenvalue weighted by atomic mass is 79.9. The molecule has 1 aliphatic rings. The Morgan fingerprint density at radius 3 is 2.84 bits per heavy atom. The second kappa shape index (κ2) is 9.62. The summed E-state index contributed by atoms with van der Waals surface area (Å²) >= 11 is 3.40. The van der Waals surface area contributed by atoms with Crippen molar-refractivity contribution in [2.45, 2.75) is 12.6 Å². The summed E-state index contributed by atoms with van der Waals surface area (Å²) in [5.41, 5.74) is 1.36. The molecular formula is C23H23BrN2O6. The van der Waals surface area contributed by atoms with E-state index in [4.69, 9.17) is 18.6 Å². The molecule has 2 aromatic carbocycles. The van der Waals surface area contributed by atoms with E-state index in [-0.39, 0.29) is 38.0 Å². The molecule has 0 saturated heterocycles. The highest BCUT2D eigenvalue weighted by molar-refractivity contribution is 9.10. The summed E-state index contributed by atoms with van der Waals surface area (Å²) in [5, 5.41) is 3.57. The molecule has 4 rings (SSSR count). The number of halogens is 1. The van der Waals surface area contributed by atoms with Crippen molar-refractivity contribution in [3.05, 3.63) is 58.3 Å². The maximum atomic E-state index is 13.4. The van der Waals surface area contributed by atoms with Crippen LogP contribution in [-0.4, -0.2) is 56.7 Å². The van der Waals surface area contributed by atoms with E-state index in [1.54, 1.807) is 20.3 Å². The SMILES string of the molecule is COCCN1C(=O)c2oc3cc(Br)ccc3c2OC[C@H]1C(=O)NCc1ccccc1OC. The van der Waals surface area contributed by atoms with Gasteiger partial charge >= 0.3 is 0 Å². The van der Waals surface area contributed by atoms with Crippen molar-refractivity contribution < 1.29 is 28.2 Å². The quantitative estimate of drug-likeness (QED) is 0.532. The Morgan fingerprint density at radius 2 is 2.06 bits per heavy atom. The molecule has 1 aliphatic heterocycles. The molecule has 0 unspecified atom stereocenters. The Labute approximate surface area is 193 Å². The number of hydrogen-bond donors (Lipinski definition) is 1. The number of carbonyl (C=O) groups excluding carboxylic acids is 2. The largest absolute Gasteiger partial charge is 0.496 e. The molecule has 1 atom stereocenters. The van der Waals surface area contributed by atoms with Crippen LogP contribution in [0.15, 0.2) is 51.4 Å². The second-order valence-corrected chi connectivity index (χ2v) is 8.16. The number of hydrogen-bond acceptors (Lipinski definition) is 6. The molecule has 8 nitrogen and oxygen atoms in total. The van der Waals surface area contributed by atoms with Crippen molar-refractivity contribution in [3.63, 3.8) is 0 Å². The molecule has 168 valence electrons. The zero-order chi connectivity index (χ0) is 22.7. The van der Waals surface area contributed by atoms with E-state index in [1.165, 1.54) is 4.90 Å². The molecule has 32 heavy (non-hydrogen) atoms. The number of para-hydroxylation sites is 1. The van der Waals surface area contributed by atoms with E-state index in [1.807, 2.05) is 36.4 Å². The van der Waals surface area contributed by atoms with E-state index < -0.39 is 11.9 Å². The van der Waals surface area contributed by atoms with Crippen LogP contribution in [0.3, 0.4) is 0 Å². The third-order valence-electron chi connectivity index (χ3n) is 5.31. The van der Waals surface area contributed by atoms with Crippen LogP contribution in [0, 0.1) is 0 Å². The van der Waals surface area contributed by atoms with Gasteiger partial charge in [-0.05, 0) is 24.3 Å². The minimum atomic E-state index is -0.847. The lowest BCUT2D eigenvalue weighted by Gasteiger charge is -2.27. The van der Waals surface area contributed by atoms with Gasteiger partial charge in [0.05, 0.1) is 19.1 Å². The first-order valence-corrected chi connectivity index (χ1v) is 10.9. The van der Waals surface area contributed by atoms with Gasteiger partial charge in [-0.2, -0.15) is 0 Å². The van der Waals surface area contributed by atoms with Gasteiger partial charge in [-0.25, -0.2) is 0 Å². The predicted molar refractivity (Wildman–Crippen MR) is 121 cm³/mol. The molecule has 0 aliphatic carbocycles. The van der Waals surface area contributed by atoms with Crippen LogP contribution in [0.25, 0.3) is 11.0 Å². The number of furan rings is 1. The first kappa shape index (κ1) is 22.2. The highest BCUT2D eigenvalue weighted by Gasteiger charge is 2.38. The number of fused-ring (bicyclic) bond motifs is 3. The zero-order valence-corrected chi connectivity index (χ0v) is 19.3. The summed E-state index contributed by atoms with van der Waals surface area (Å²) in [6.07, 6.45) is 0. The Kier molecular flexibility index (Phi) is 6.66. The fourth-order valence-electron chi connectivity index (χ4n) is 3.67. The first-order chi connectivity index (χ1) is 15.5. The molecule has 9 heteroatoms. The number of nitrogens with zero attached hydrogens (tertiary/aromatic N) is 1. The van der Waals surface area contributed by atoms with Crippen LogP contribution in [0.2, 0.25) is 0 Å². The van der Waals surface area contributed by atoms with Crippen LogP contribution in [0.5, 0.6) is 11.5 Å². The van der Waals surface area contributed by atoms with Crippen LogP contribution in [0.4, 0.5) is 0 Å². The lowest BCUT2D eigenvalue weighted by Crippen LogP contribution is -2.52. The smallest absolute Gasteiger partial charge is 0.294 e. The van der Waals surface area contributed by atoms with Crippen LogP contribution in [0.1, 0.15) is 16.1 Å². The van der Waals surface area contributed by atoms with Crippen molar-refractivity contribution in [3.8, 4) is 11.5 Å². The van der Waals surface area contributed by atoms with E-state index in [2.05, 4.69) is 21.2 Å². The predicted octanol–water partition coefficient (Wildman–Crippen LogP) is 3.37. The molecule has 0 radical (unpaired) electrons. The number of methoxy groups -OCH3 is 2. The average molecular weight is 503 g/mol. The summed E-state index contributed by atoms with van der Waals surface area (Å²) in [5.74, 6) is 0.347. The fraction of sp³-hybridized carbons (Fsp3) is 0.304. The van der Waals surface area contributed by atoms with E-state index >= 15 is 0 Å². The molecule has 1 N–H and O–H groups in total. The Balaban J connectivity index is 1.59. The third-order valence-corrected chi connectivity index (χ3v) is 5.80. The van der Waals surface area contributed by atoms with Crippen molar-refractivity contribution in [2.75, 3.05) is 34.0 Å². The summed E-state index contributed by atoms with van der Waals surface area (Å²) in [6, 6.07) is 12.0. The molecule has 0 bridgehead atoms. The Morgan fingerprint density at radius 1 is 1.25 bits per heavy atom. The summed E-state index contributed by atoms with van der Waals surface area (Å²) < 4.78 is 23.1. The molecule has 3 aromatic rings. The van der Waals surface area contributed by atoms with Gasteiger partial charge in [-0.3, -0.25) is 9.59 Å². The van der Waals surface area contributed by atoms with Crippen LogP contribution < -0.4 is 14.8 Å². The summed E-state index contributed by atoms with van der Waals surface area (Å²) in [6.45, 7) is 0.728. The Bertz CT molecular complexity index is 1140. The lowest BCUT2D eigenvalue weighted by atomic mass is 10.2. The number of carbonyl (C=O) groups is 2. The monoisotopic (exact) mass is 502 g/mol. The summed E-state index contributed by atoms with van der Waals surface area (Å²) in [4.78, 5) is 27.9. The maximum Gasteiger partial charge on any atom is 0.294 e. The second-order valence-electron chi connectivity index (χ2n) is 7.25. The van der Waals surface area contributed by atoms with Crippen molar-refractivity contribution in [1.29, 1.82) is 0 Å². The number of nitrogens with one attached hydrogen (secondary N) is 1. The normalized spacial score (nSPS) is 15.8. The Hall–Kier alpha value is -3.04. The molecule has 0 spiro atoms. The number of benzene rings is 2. The van der Waals surface area contributed by atoms with Gasteiger partial charge in [0.2, 0.25) is 11.7 Å². The number of amides is 2. The van der Waals surface area contributed by atoms with Crippen molar-refractivity contribution in [1.82, 2.24) is 10.2 Å². The fourth-order valence-corrected chi connectivity index (χ4v) is 4.01.